The summed E-state index contributed by atoms with van der Waals surface area (Å²) in [5, 5.41) is 7.74. The third kappa shape index (κ3) is 3.16. The number of likely N-dealkylation sites (N-methyl/N-ethyl adjacent to an activating group) is 1. The number of hydrogen-bond donors (Lipinski definition) is 2. The van der Waals surface area contributed by atoms with Crippen LogP contribution in [0.5, 0.6) is 0 Å². The van der Waals surface area contributed by atoms with Crippen molar-refractivity contribution in [2.24, 2.45) is 0 Å². The summed E-state index contributed by atoms with van der Waals surface area (Å²) in [6, 6.07) is 4.70. The van der Waals surface area contributed by atoms with Gasteiger partial charge in [0, 0.05) is 32.2 Å². The molecule has 1 heterocycles. The third-order valence-electron chi connectivity index (χ3n) is 3.59. The van der Waals surface area contributed by atoms with Crippen LogP contribution in [0.15, 0.2) is 12.1 Å². The summed E-state index contributed by atoms with van der Waals surface area (Å²) in [7, 11) is 2.18. The molecule has 18 heavy (non-hydrogen) atoms. The molecule has 100 valence electrons. The van der Waals surface area contributed by atoms with E-state index >= 15 is 0 Å². The molecule has 1 saturated heterocycles. The Kier molecular flexibility index (Phi) is 4.49. The van der Waals surface area contributed by atoms with Gasteiger partial charge in [-0.3, -0.25) is 4.90 Å². The van der Waals surface area contributed by atoms with Crippen LogP contribution < -0.4 is 10.6 Å². The number of benzene rings is 1. The predicted octanol–water partition coefficient (Wildman–Crippen LogP) is 2.27. The first-order valence-electron chi connectivity index (χ1n) is 6.49. The van der Waals surface area contributed by atoms with Gasteiger partial charge in [0.25, 0.3) is 0 Å². The molecule has 0 saturated carbocycles. The van der Waals surface area contributed by atoms with E-state index in [2.05, 4.69) is 42.5 Å². The first-order chi connectivity index (χ1) is 8.58. The molecule has 3 nitrogen and oxygen atoms in total. The standard InChI is InChI=1S/C14H22ClN3/c1-10-6-11(2)14(13(15)7-10)17-9-12-8-16-4-5-18(12)3/h6-7,12,16-17H,4-5,8-9H2,1-3H3. The molecule has 1 aromatic carbocycles. The van der Waals surface area contributed by atoms with Crippen LogP contribution in [0.2, 0.25) is 5.02 Å². The zero-order chi connectivity index (χ0) is 13.1. The number of hydrogen-bond acceptors (Lipinski definition) is 3. The van der Waals surface area contributed by atoms with Crippen molar-refractivity contribution in [1.82, 2.24) is 10.2 Å². The van der Waals surface area contributed by atoms with Crippen LogP contribution in [-0.2, 0) is 0 Å². The molecule has 1 aliphatic heterocycles. The predicted molar refractivity (Wildman–Crippen MR) is 78.7 cm³/mol. The molecule has 0 amide bonds. The highest BCUT2D eigenvalue weighted by molar-refractivity contribution is 6.33. The minimum absolute atomic E-state index is 0.524. The van der Waals surface area contributed by atoms with Gasteiger partial charge in [-0.25, -0.2) is 0 Å². The van der Waals surface area contributed by atoms with Gasteiger partial charge in [-0.15, -0.1) is 0 Å². The number of anilines is 1. The normalized spacial score (nSPS) is 21.0. The zero-order valence-electron chi connectivity index (χ0n) is 11.4. The summed E-state index contributed by atoms with van der Waals surface area (Å²) in [6.45, 7) is 8.31. The molecule has 0 bridgehead atoms. The fourth-order valence-corrected chi connectivity index (χ4v) is 2.84. The lowest BCUT2D eigenvalue weighted by molar-refractivity contribution is 0.209. The molecular weight excluding hydrogens is 246 g/mol. The van der Waals surface area contributed by atoms with Crippen molar-refractivity contribution in [2.75, 3.05) is 38.5 Å². The number of rotatable bonds is 3. The van der Waals surface area contributed by atoms with Crippen LogP contribution in [0.3, 0.4) is 0 Å². The molecule has 0 aliphatic carbocycles. The summed E-state index contributed by atoms with van der Waals surface area (Å²) in [6.07, 6.45) is 0. The second kappa shape index (κ2) is 5.91. The van der Waals surface area contributed by atoms with Crippen molar-refractivity contribution in [3.8, 4) is 0 Å². The van der Waals surface area contributed by atoms with Gasteiger partial charge in [0.1, 0.15) is 0 Å². The van der Waals surface area contributed by atoms with E-state index in [-0.39, 0.29) is 0 Å². The largest absolute Gasteiger partial charge is 0.382 e. The van der Waals surface area contributed by atoms with E-state index in [1.54, 1.807) is 0 Å². The van der Waals surface area contributed by atoms with Gasteiger partial charge in [-0.2, -0.15) is 0 Å². The zero-order valence-corrected chi connectivity index (χ0v) is 12.1. The topological polar surface area (TPSA) is 27.3 Å². The monoisotopic (exact) mass is 267 g/mol. The Morgan fingerprint density at radius 3 is 2.89 bits per heavy atom. The number of nitrogens with zero attached hydrogens (tertiary/aromatic N) is 1. The Bertz CT molecular complexity index is 396. The van der Waals surface area contributed by atoms with E-state index < -0.39 is 0 Å². The molecule has 0 radical (unpaired) electrons. The van der Waals surface area contributed by atoms with E-state index in [0.29, 0.717) is 6.04 Å². The van der Waals surface area contributed by atoms with Crippen molar-refractivity contribution < 1.29 is 0 Å². The van der Waals surface area contributed by atoms with Crippen LogP contribution in [-0.4, -0.2) is 44.2 Å². The summed E-state index contributed by atoms with van der Waals surface area (Å²) in [5.74, 6) is 0. The molecule has 0 spiro atoms. The van der Waals surface area contributed by atoms with E-state index in [1.165, 1.54) is 11.1 Å². The fourth-order valence-electron chi connectivity index (χ4n) is 2.45. The molecule has 1 aliphatic rings. The van der Waals surface area contributed by atoms with Gasteiger partial charge >= 0.3 is 0 Å². The second-order valence-corrected chi connectivity index (χ2v) is 5.57. The quantitative estimate of drug-likeness (QED) is 0.880. The average molecular weight is 268 g/mol. The Hall–Kier alpha value is -0.770. The van der Waals surface area contributed by atoms with Gasteiger partial charge in [-0.05, 0) is 38.1 Å². The maximum absolute atomic E-state index is 6.30. The number of nitrogens with one attached hydrogen (secondary N) is 2. The van der Waals surface area contributed by atoms with Crippen molar-refractivity contribution in [1.29, 1.82) is 0 Å². The maximum atomic E-state index is 6.30. The number of aryl methyl sites for hydroxylation is 2. The molecule has 4 heteroatoms. The van der Waals surface area contributed by atoms with Crippen LogP contribution in [0.1, 0.15) is 11.1 Å². The summed E-state index contributed by atoms with van der Waals surface area (Å²) >= 11 is 6.30. The van der Waals surface area contributed by atoms with Crippen LogP contribution in [0.4, 0.5) is 5.69 Å². The highest BCUT2D eigenvalue weighted by atomic mass is 35.5. The SMILES string of the molecule is Cc1cc(C)c(NCC2CNCCN2C)c(Cl)c1. The van der Waals surface area contributed by atoms with E-state index in [4.69, 9.17) is 11.6 Å². The number of piperazine rings is 1. The third-order valence-corrected chi connectivity index (χ3v) is 3.89. The molecule has 1 fully saturated rings. The molecule has 0 aromatic heterocycles. The molecule has 1 atom stereocenters. The maximum Gasteiger partial charge on any atom is 0.0642 e. The molecule has 1 aromatic rings. The van der Waals surface area contributed by atoms with Crippen molar-refractivity contribution >= 4 is 17.3 Å². The lowest BCUT2D eigenvalue weighted by atomic mass is 10.1. The van der Waals surface area contributed by atoms with Gasteiger partial charge in [-0.1, -0.05) is 17.7 Å². The van der Waals surface area contributed by atoms with E-state index in [1.807, 2.05) is 6.07 Å². The van der Waals surface area contributed by atoms with Crippen molar-refractivity contribution in [3.05, 3.63) is 28.3 Å². The first-order valence-corrected chi connectivity index (χ1v) is 6.87. The smallest absolute Gasteiger partial charge is 0.0642 e. The van der Waals surface area contributed by atoms with Gasteiger partial charge in [0.05, 0.1) is 10.7 Å². The van der Waals surface area contributed by atoms with Crippen LogP contribution >= 0.6 is 11.6 Å². The highest BCUT2D eigenvalue weighted by Crippen LogP contribution is 2.27. The Morgan fingerprint density at radius 1 is 1.44 bits per heavy atom. The molecular formula is C14H22ClN3. The number of halogens is 1. The Balaban J connectivity index is 2.01. The minimum atomic E-state index is 0.524. The van der Waals surface area contributed by atoms with Crippen molar-refractivity contribution in [3.63, 3.8) is 0 Å². The lowest BCUT2D eigenvalue weighted by Gasteiger charge is -2.33. The van der Waals surface area contributed by atoms with Gasteiger partial charge in [0.15, 0.2) is 0 Å². The highest BCUT2D eigenvalue weighted by Gasteiger charge is 2.18. The Labute approximate surface area is 115 Å². The molecule has 1 unspecified atom stereocenters. The average Bonchev–Trinajstić information content (AvgIpc) is 2.30. The van der Waals surface area contributed by atoms with Gasteiger partial charge in [0.2, 0.25) is 0 Å². The summed E-state index contributed by atoms with van der Waals surface area (Å²) < 4.78 is 0. The van der Waals surface area contributed by atoms with Crippen molar-refractivity contribution in [2.45, 2.75) is 19.9 Å². The fraction of sp³-hybridized carbons (Fsp3) is 0.571. The van der Waals surface area contributed by atoms with E-state index in [0.717, 1.165) is 36.9 Å². The van der Waals surface area contributed by atoms with Gasteiger partial charge < -0.3 is 10.6 Å². The molecule has 2 N–H and O–H groups in total. The molecule has 2 rings (SSSR count). The Morgan fingerprint density at radius 2 is 2.22 bits per heavy atom. The van der Waals surface area contributed by atoms with E-state index in [9.17, 15) is 0 Å². The summed E-state index contributed by atoms with van der Waals surface area (Å²) in [4.78, 5) is 2.39. The first kappa shape index (κ1) is 13.7. The summed E-state index contributed by atoms with van der Waals surface area (Å²) in [5.41, 5.74) is 3.49. The lowest BCUT2D eigenvalue weighted by Crippen LogP contribution is -2.52. The second-order valence-electron chi connectivity index (χ2n) is 5.16. The minimum Gasteiger partial charge on any atom is -0.382 e. The van der Waals surface area contributed by atoms with Crippen LogP contribution in [0.25, 0.3) is 0 Å². The van der Waals surface area contributed by atoms with Crippen LogP contribution in [0, 0.1) is 13.8 Å².